The van der Waals surface area contributed by atoms with Crippen molar-refractivity contribution >= 4 is 5.97 Å². The fourth-order valence-electron chi connectivity index (χ4n) is 1.22. The van der Waals surface area contributed by atoms with E-state index in [2.05, 4.69) is 6.92 Å². The summed E-state index contributed by atoms with van der Waals surface area (Å²) in [6.07, 6.45) is 6.18. The van der Waals surface area contributed by atoms with E-state index in [-0.39, 0.29) is 5.97 Å². The van der Waals surface area contributed by atoms with Gasteiger partial charge in [-0.2, -0.15) is 0 Å². The van der Waals surface area contributed by atoms with Crippen molar-refractivity contribution in [2.75, 3.05) is 0 Å². The average molecular weight is 201 g/mol. The van der Waals surface area contributed by atoms with Gasteiger partial charge in [0.05, 0.1) is 0 Å². The molecule has 0 aromatic rings. The van der Waals surface area contributed by atoms with Gasteiger partial charge in [-0.05, 0) is 20.3 Å². The number of unbranched alkanes of at least 4 members (excludes halogenated alkanes) is 4. The zero-order chi connectivity index (χ0) is 11.0. The van der Waals surface area contributed by atoms with Gasteiger partial charge in [0, 0.05) is 6.42 Å². The minimum absolute atomic E-state index is 0.186. The second-order valence-corrected chi connectivity index (χ2v) is 4.24. The summed E-state index contributed by atoms with van der Waals surface area (Å²) >= 11 is 0. The van der Waals surface area contributed by atoms with Gasteiger partial charge in [0.25, 0.3) is 0 Å². The van der Waals surface area contributed by atoms with E-state index in [4.69, 9.17) is 10.5 Å². The molecule has 0 aliphatic heterocycles. The monoisotopic (exact) mass is 201 g/mol. The highest BCUT2D eigenvalue weighted by atomic mass is 16.6. The standard InChI is InChI=1S/C11H23NO2/c1-4-5-6-7-8-9-10(13)14-11(2,3)12/h4-9,12H2,1-3H3. The Labute approximate surface area is 87.0 Å². The molecule has 0 radical (unpaired) electrons. The number of hydrogen-bond acceptors (Lipinski definition) is 3. The minimum atomic E-state index is -0.833. The average Bonchev–Trinajstić information content (AvgIpc) is 2.00. The molecule has 0 unspecified atom stereocenters. The minimum Gasteiger partial charge on any atom is -0.445 e. The van der Waals surface area contributed by atoms with Gasteiger partial charge in [0.15, 0.2) is 5.72 Å². The number of esters is 1. The number of carbonyl (C=O) groups is 1. The molecule has 3 heteroatoms. The Morgan fingerprint density at radius 1 is 1.21 bits per heavy atom. The van der Waals surface area contributed by atoms with Gasteiger partial charge in [-0.25, -0.2) is 0 Å². The summed E-state index contributed by atoms with van der Waals surface area (Å²) in [7, 11) is 0. The highest BCUT2D eigenvalue weighted by Crippen LogP contribution is 2.08. The summed E-state index contributed by atoms with van der Waals surface area (Å²) in [5.41, 5.74) is 4.71. The fraction of sp³-hybridized carbons (Fsp3) is 0.909. The van der Waals surface area contributed by atoms with E-state index in [1.165, 1.54) is 19.3 Å². The predicted molar refractivity (Wildman–Crippen MR) is 57.7 cm³/mol. The maximum absolute atomic E-state index is 11.2. The number of ether oxygens (including phenoxy) is 1. The zero-order valence-electron chi connectivity index (χ0n) is 9.64. The van der Waals surface area contributed by atoms with Crippen LogP contribution in [0.25, 0.3) is 0 Å². The van der Waals surface area contributed by atoms with E-state index in [0.717, 1.165) is 12.8 Å². The number of carbonyl (C=O) groups excluding carboxylic acids is 1. The van der Waals surface area contributed by atoms with Gasteiger partial charge in [0.2, 0.25) is 0 Å². The van der Waals surface area contributed by atoms with Crippen LogP contribution < -0.4 is 5.73 Å². The van der Waals surface area contributed by atoms with Crippen molar-refractivity contribution < 1.29 is 9.53 Å². The summed E-state index contributed by atoms with van der Waals surface area (Å²) in [4.78, 5) is 11.2. The lowest BCUT2D eigenvalue weighted by Gasteiger charge is -2.19. The van der Waals surface area contributed by atoms with Crippen LogP contribution in [0.4, 0.5) is 0 Å². The zero-order valence-corrected chi connectivity index (χ0v) is 9.64. The molecule has 0 amide bonds. The van der Waals surface area contributed by atoms with E-state index in [1.807, 2.05) is 0 Å². The molecular weight excluding hydrogens is 178 g/mol. The van der Waals surface area contributed by atoms with Gasteiger partial charge < -0.3 is 4.74 Å². The molecule has 0 aromatic carbocycles. The van der Waals surface area contributed by atoms with Crippen LogP contribution in [0.3, 0.4) is 0 Å². The third-order valence-corrected chi connectivity index (χ3v) is 1.86. The maximum atomic E-state index is 11.2. The molecule has 3 nitrogen and oxygen atoms in total. The first-order valence-electron chi connectivity index (χ1n) is 5.46. The summed E-state index contributed by atoms with van der Waals surface area (Å²) in [6.45, 7) is 5.54. The molecule has 0 fully saturated rings. The van der Waals surface area contributed by atoms with Crippen molar-refractivity contribution in [2.45, 2.75) is 65.0 Å². The van der Waals surface area contributed by atoms with E-state index >= 15 is 0 Å². The van der Waals surface area contributed by atoms with E-state index in [9.17, 15) is 4.79 Å². The molecule has 2 N–H and O–H groups in total. The van der Waals surface area contributed by atoms with Crippen molar-refractivity contribution in [3.05, 3.63) is 0 Å². The molecule has 0 rings (SSSR count). The second-order valence-electron chi connectivity index (χ2n) is 4.24. The molecule has 0 atom stereocenters. The molecular formula is C11H23NO2. The van der Waals surface area contributed by atoms with Crippen molar-refractivity contribution in [1.29, 1.82) is 0 Å². The smallest absolute Gasteiger partial charge is 0.307 e. The van der Waals surface area contributed by atoms with Gasteiger partial charge in [-0.1, -0.05) is 32.6 Å². The number of hydrogen-bond donors (Lipinski definition) is 1. The van der Waals surface area contributed by atoms with Gasteiger partial charge in [-0.3, -0.25) is 10.5 Å². The van der Waals surface area contributed by atoms with Crippen LogP contribution in [-0.4, -0.2) is 11.7 Å². The summed E-state index contributed by atoms with van der Waals surface area (Å²) in [5.74, 6) is -0.186. The van der Waals surface area contributed by atoms with Crippen LogP contribution >= 0.6 is 0 Å². The molecule has 0 saturated carbocycles. The van der Waals surface area contributed by atoms with Crippen LogP contribution in [0.15, 0.2) is 0 Å². The first-order valence-corrected chi connectivity index (χ1v) is 5.46. The van der Waals surface area contributed by atoms with E-state index < -0.39 is 5.72 Å². The lowest BCUT2D eigenvalue weighted by molar-refractivity contribution is -0.156. The SMILES string of the molecule is CCCCCCCC(=O)OC(C)(C)N. The Balaban J connectivity index is 3.36. The van der Waals surface area contributed by atoms with Crippen LogP contribution in [0.2, 0.25) is 0 Å². The van der Waals surface area contributed by atoms with Crippen LogP contribution in [-0.2, 0) is 9.53 Å². The predicted octanol–water partition coefficient (Wildman–Crippen LogP) is 2.58. The first-order chi connectivity index (χ1) is 6.45. The van der Waals surface area contributed by atoms with Gasteiger partial charge in [-0.15, -0.1) is 0 Å². The second kappa shape index (κ2) is 6.82. The Kier molecular flexibility index (Phi) is 6.54. The molecule has 14 heavy (non-hydrogen) atoms. The fourth-order valence-corrected chi connectivity index (χ4v) is 1.22. The van der Waals surface area contributed by atoms with Gasteiger partial charge >= 0.3 is 5.97 Å². The highest BCUT2D eigenvalue weighted by molar-refractivity contribution is 5.69. The van der Waals surface area contributed by atoms with Crippen molar-refractivity contribution in [1.82, 2.24) is 0 Å². The Morgan fingerprint density at radius 3 is 2.29 bits per heavy atom. The van der Waals surface area contributed by atoms with Gasteiger partial charge in [0.1, 0.15) is 0 Å². The quantitative estimate of drug-likeness (QED) is 0.391. The summed E-state index contributed by atoms with van der Waals surface area (Å²) in [5, 5.41) is 0. The van der Waals surface area contributed by atoms with E-state index in [0.29, 0.717) is 6.42 Å². The molecule has 0 aliphatic rings. The van der Waals surface area contributed by atoms with Crippen LogP contribution in [0, 0.1) is 0 Å². The molecule has 0 aromatic heterocycles. The third-order valence-electron chi connectivity index (χ3n) is 1.86. The molecule has 0 saturated heterocycles. The molecule has 0 aliphatic carbocycles. The van der Waals surface area contributed by atoms with Crippen LogP contribution in [0.1, 0.15) is 59.3 Å². The van der Waals surface area contributed by atoms with Crippen molar-refractivity contribution in [3.8, 4) is 0 Å². The maximum Gasteiger partial charge on any atom is 0.307 e. The topological polar surface area (TPSA) is 52.3 Å². The molecule has 0 bridgehead atoms. The Morgan fingerprint density at radius 2 is 1.79 bits per heavy atom. The summed E-state index contributed by atoms with van der Waals surface area (Å²) in [6, 6.07) is 0. The Hall–Kier alpha value is -0.570. The largest absolute Gasteiger partial charge is 0.445 e. The van der Waals surface area contributed by atoms with Crippen molar-refractivity contribution in [3.63, 3.8) is 0 Å². The lowest BCUT2D eigenvalue weighted by atomic mass is 10.1. The molecule has 84 valence electrons. The Bertz CT molecular complexity index is 161. The van der Waals surface area contributed by atoms with E-state index in [1.54, 1.807) is 13.8 Å². The lowest BCUT2D eigenvalue weighted by Crippen LogP contribution is -2.37. The first kappa shape index (κ1) is 13.4. The summed E-state index contributed by atoms with van der Waals surface area (Å²) < 4.78 is 4.98. The number of rotatable bonds is 7. The highest BCUT2D eigenvalue weighted by Gasteiger charge is 2.15. The molecule has 0 spiro atoms. The van der Waals surface area contributed by atoms with Crippen LogP contribution in [0.5, 0.6) is 0 Å². The third kappa shape index (κ3) is 9.52. The molecule has 0 heterocycles. The van der Waals surface area contributed by atoms with Crippen molar-refractivity contribution in [2.24, 2.45) is 5.73 Å². The number of nitrogens with two attached hydrogens (primary N) is 1. The normalized spacial score (nSPS) is 11.4.